The molecule has 1 saturated heterocycles. The van der Waals surface area contributed by atoms with Crippen LogP contribution in [0.5, 0.6) is 23.0 Å². The van der Waals surface area contributed by atoms with Crippen molar-refractivity contribution in [1.82, 2.24) is 0 Å². The van der Waals surface area contributed by atoms with Crippen LogP contribution in [0.25, 0.3) is 21.9 Å². The minimum atomic E-state index is -1.85. The number of carbonyl (C=O) groups is 1. The third-order valence-electron chi connectivity index (χ3n) is 5.50. The van der Waals surface area contributed by atoms with Gasteiger partial charge in [-0.2, -0.15) is 0 Å². The van der Waals surface area contributed by atoms with E-state index in [2.05, 4.69) is 0 Å². The average molecular weight is 464 g/mol. The second-order valence-corrected chi connectivity index (χ2v) is 7.67. The SMILES string of the molecule is CC(=O)OC[C@H]1O[C@@H](c2c(O)cc3oc4cc(O)c(O)cc4c(=O)c3c2O)[C@H](O)[C@@H](O)[C@@H]1O. The van der Waals surface area contributed by atoms with Crippen molar-refractivity contribution in [3.8, 4) is 23.0 Å². The highest BCUT2D eigenvalue weighted by Gasteiger charge is 2.46. The fraction of sp³-hybridized carbons (Fsp3) is 0.333. The van der Waals surface area contributed by atoms with E-state index in [4.69, 9.17) is 13.9 Å². The lowest BCUT2D eigenvalue weighted by molar-refractivity contribution is -0.234. The molecule has 176 valence electrons. The van der Waals surface area contributed by atoms with E-state index in [9.17, 15) is 45.3 Å². The van der Waals surface area contributed by atoms with Crippen molar-refractivity contribution in [2.45, 2.75) is 37.4 Å². The molecule has 5 atom stereocenters. The molecule has 12 nitrogen and oxygen atoms in total. The Morgan fingerprint density at radius 1 is 0.939 bits per heavy atom. The van der Waals surface area contributed by atoms with Gasteiger partial charge in [0.1, 0.15) is 65.2 Å². The van der Waals surface area contributed by atoms with Crippen LogP contribution >= 0.6 is 0 Å². The van der Waals surface area contributed by atoms with Gasteiger partial charge in [-0.1, -0.05) is 0 Å². The molecule has 0 aliphatic carbocycles. The normalized spacial score (nSPS) is 25.4. The predicted octanol–water partition coefficient (Wildman–Crippen LogP) is -0.146. The third-order valence-corrected chi connectivity index (χ3v) is 5.50. The highest BCUT2D eigenvalue weighted by Crippen LogP contribution is 2.45. The Bertz CT molecular complexity index is 1310. The molecule has 1 aromatic heterocycles. The second kappa shape index (κ2) is 8.08. The summed E-state index contributed by atoms with van der Waals surface area (Å²) >= 11 is 0. The number of carbonyl (C=O) groups excluding carboxylic acids is 1. The lowest BCUT2D eigenvalue weighted by atomic mass is 9.89. The van der Waals surface area contributed by atoms with Crippen LogP contribution in [-0.4, -0.2) is 72.7 Å². The summed E-state index contributed by atoms with van der Waals surface area (Å²) in [6, 6.07) is 2.88. The zero-order valence-corrected chi connectivity index (χ0v) is 17.0. The Hall–Kier alpha value is -3.58. The molecule has 1 fully saturated rings. The van der Waals surface area contributed by atoms with E-state index in [1.54, 1.807) is 0 Å². The third kappa shape index (κ3) is 3.68. The molecule has 0 amide bonds. The maximum atomic E-state index is 13.0. The van der Waals surface area contributed by atoms with E-state index in [1.165, 1.54) is 0 Å². The molecule has 0 spiro atoms. The molecular formula is C21H20O12. The number of phenolic OH excluding ortho intramolecular Hbond substituents is 4. The van der Waals surface area contributed by atoms with Crippen LogP contribution in [0, 0.1) is 0 Å². The zero-order valence-electron chi connectivity index (χ0n) is 17.0. The Morgan fingerprint density at radius 3 is 2.24 bits per heavy atom. The van der Waals surface area contributed by atoms with Gasteiger partial charge >= 0.3 is 5.97 Å². The van der Waals surface area contributed by atoms with Gasteiger partial charge in [-0.15, -0.1) is 0 Å². The quantitative estimate of drug-likeness (QED) is 0.153. The number of aliphatic hydroxyl groups is 3. The number of rotatable bonds is 3. The number of phenols is 4. The fourth-order valence-electron chi connectivity index (χ4n) is 3.83. The molecule has 0 radical (unpaired) electrons. The van der Waals surface area contributed by atoms with Crippen LogP contribution in [0.1, 0.15) is 18.6 Å². The number of ether oxygens (including phenoxy) is 2. The summed E-state index contributed by atoms with van der Waals surface area (Å²) in [5.74, 6) is -3.38. The summed E-state index contributed by atoms with van der Waals surface area (Å²) in [7, 11) is 0. The van der Waals surface area contributed by atoms with Gasteiger partial charge in [0.25, 0.3) is 0 Å². The van der Waals surface area contributed by atoms with E-state index in [1.807, 2.05) is 0 Å². The molecule has 3 aromatic rings. The summed E-state index contributed by atoms with van der Waals surface area (Å²) < 4.78 is 15.8. The standard InChI is InChI=1S/C21H20O12/c1-6(22)31-5-13-17(27)19(29)20(30)21(33-13)14-10(25)4-12-15(18(14)28)16(26)7-2-8(23)9(24)3-11(7)32-12/h2-4,13,17,19-21,23-25,27-30H,5H2,1H3/t13-,17-,19+,20-,21+/m1/s1. The number of hydrogen-bond acceptors (Lipinski definition) is 12. The van der Waals surface area contributed by atoms with Crippen LogP contribution < -0.4 is 5.43 Å². The van der Waals surface area contributed by atoms with Crippen LogP contribution in [0.3, 0.4) is 0 Å². The molecule has 1 aliphatic heterocycles. The molecule has 2 aromatic carbocycles. The molecular weight excluding hydrogens is 444 g/mol. The number of hydrogen-bond donors (Lipinski definition) is 7. The number of aromatic hydroxyl groups is 4. The molecule has 4 rings (SSSR count). The molecule has 33 heavy (non-hydrogen) atoms. The highest BCUT2D eigenvalue weighted by molar-refractivity contribution is 5.96. The Kier molecular flexibility index (Phi) is 5.54. The van der Waals surface area contributed by atoms with E-state index in [0.717, 1.165) is 25.1 Å². The minimum absolute atomic E-state index is 0.136. The van der Waals surface area contributed by atoms with Gasteiger partial charge in [0.15, 0.2) is 11.5 Å². The molecule has 0 bridgehead atoms. The van der Waals surface area contributed by atoms with Crippen molar-refractivity contribution < 1.29 is 54.4 Å². The van der Waals surface area contributed by atoms with Gasteiger partial charge in [0, 0.05) is 19.1 Å². The van der Waals surface area contributed by atoms with Gasteiger partial charge in [-0.05, 0) is 6.07 Å². The molecule has 2 heterocycles. The highest BCUT2D eigenvalue weighted by atomic mass is 16.6. The minimum Gasteiger partial charge on any atom is -0.507 e. The summed E-state index contributed by atoms with van der Waals surface area (Å²) in [5.41, 5.74) is -1.73. The lowest BCUT2D eigenvalue weighted by Gasteiger charge is -2.40. The number of esters is 1. The molecule has 7 N–H and O–H groups in total. The first-order valence-corrected chi connectivity index (χ1v) is 9.71. The Labute approximate surface area is 184 Å². The monoisotopic (exact) mass is 464 g/mol. The van der Waals surface area contributed by atoms with E-state index >= 15 is 0 Å². The van der Waals surface area contributed by atoms with Crippen LogP contribution in [-0.2, 0) is 14.3 Å². The van der Waals surface area contributed by atoms with E-state index < -0.39 is 82.5 Å². The van der Waals surface area contributed by atoms with Crippen molar-refractivity contribution in [3.05, 3.63) is 34.0 Å². The first kappa shape index (κ1) is 22.6. The summed E-state index contributed by atoms with van der Waals surface area (Å²) in [6.07, 6.45) is -8.30. The summed E-state index contributed by atoms with van der Waals surface area (Å²) in [6.45, 7) is 0.613. The van der Waals surface area contributed by atoms with Gasteiger partial charge in [0.05, 0.1) is 10.9 Å². The van der Waals surface area contributed by atoms with Crippen molar-refractivity contribution in [1.29, 1.82) is 0 Å². The van der Waals surface area contributed by atoms with E-state index in [0.29, 0.717) is 0 Å². The van der Waals surface area contributed by atoms with Crippen LogP contribution in [0.4, 0.5) is 0 Å². The maximum absolute atomic E-state index is 13.0. The first-order chi connectivity index (χ1) is 15.5. The number of fused-ring (bicyclic) bond motifs is 2. The van der Waals surface area contributed by atoms with Gasteiger partial charge in [-0.3, -0.25) is 9.59 Å². The largest absolute Gasteiger partial charge is 0.507 e. The zero-order chi connectivity index (χ0) is 24.2. The molecule has 12 heteroatoms. The van der Waals surface area contributed by atoms with Crippen LogP contribution in [0.2, 0.25) is 0 Å². The Morgan fingerprint density at radius 2 is 1.58 bits per heavy atom. The lowest BCUT2D eigenvalue weighted by Crippen LogP contribution is -2.55. The fourth-order valence-corrected chi connectivity index (χ4v) is 3.83. The Balaban J connectivity index is 1.88. The smallest absolute Gasteiger partial charge is 0.302 e. The summed E-state index contributed by atoms with van der Waals surface area (Å²) in [4.78, 5) is 24.1. The second-order valence-electron chi connectivity index (χ2n) is 7.67. The van der Waals surface area contributed by atoms with Crippen molar-refractivity contribution >= 4 is 27.9 Å². The average Bonchev–Trinajstić information content (AvgIpc) is 2.74. The predicted molar refractivity (Wildman–Crippen MR) is 109 cm³/mol. The van der Waals surface area contributed by atoms with Gasteiger partial charge < -0.3 is 49.6 Å². The molecule has 1 aliphatic rings. The first-order valence-electron chi connectivity index (χ1n) is 9.71. The number of benzene rings is 2. The van der Waals surface area contributed by atoms with Crippen molar-refractivity contribution in [2.24, 2.45) is 0 Å². The molecule has 0 unspecified atom stereocenters. The molecule has 0 saturated carbocycles. The topological polar surface area (TPSA) is 207 Å². The van der Waals surface area contributed by atoms with Crippen molar-refractivity contribution in [3.63, 3.8) is 0 Å². The van der Waals surface area contributed by atoms with Crippen LogP contribution in [0.15, 0.2) is 27.4 Å². The van der Waals surface area contributed by atoms with Gasteiger partial charge in [-0.25, -0.2) is 0 Å². The van der Waals surface area contributed by atoms with Gasteiger partial charge in [0.2, 0.25) is 5.43 Å². The summed E-state index contributed by atoms with van der Waals surface area (Å²) in [5, 5.41) is 71.0. The van der Waals surface area contributed by atoms with Crippen molar-refractivity contribution in [2.75, 3.05) is 6.61 Å². The number of aliphatic hydroxyl groups excluding tert-OH is 3. The maximum Gasteiger partial charge on any atom is 0.302 e. The van der Waals surface area contributed by atoms with E-state index in [-0.39, 0.29) is 16.6 Å².